The molecule has 0 atom stereocenters. The molecule has 0 fully saturated rings. The van der Waals surface area contributed by atoms with Gasteiger partial charge in [-0.1, -0.05) is 0 Å². The third-order valence-corrected chi connectivity index (χ3v) is 3.36. The largest absolute Gasteiger partial charge is 0.483 e. The van der Waals surface area contributed by atoms with Gasteiger partial charge in [0.2, 0.25) is 5.78 Å². The third-order valence-electron chi connectivity index (χ3n) is 3.36. The number of pyridine rings is 1. The second-order valence-corrected chi connectivity index (χ2v) is 4.89. The molecule has 0 amide bonds. The summed E-state index contributed by atoms with van der Waals surface area (Å²) in [6, 6.07) is 3.81. The number of nitrogens with zero attached hydrogens (tertiary/aromatic N) is 1. The van der Waals surface area contributed by atoms with Gasteiger partial charge in [-0.15, -0.1) is 0 Å². The Balaban J connectivity index is 1.77. The molecule has 22 heavy (non-hydrogen) atoms. The molecular weight excluding hydrogens is 282 g/mol. The smallest absolute Gasteiger partial charge is 0.222 e. The molecule has 2 aromatic heterocycles. The van der Waals surface area contributed by atoms with Crippen LogP contribution >= 0.6 is 0 Å². The number of aromatic nitrogens is 2. The lowest BCUT2D eigenvalue weighted by Gasteiger charge is -2.17. The van der Waals surface area contributed by atoms with E-state index in [1.165, 1.54) is 0 Å². The summed E-state index contributed by atoms with van der Waals surface area (Å²) in [5, 5.41) is 4.07. The maximum Gasteiger partial charge on any atom is 0.222 e. The molecule has 0 aromatic carbocycles. The molecule has 0 unspecified atom stereocenters. The van der Waals surface area contributed by atoms with Crippen molar-refractivity contribution in [1.82, 2.24) is 15.3 Å². The average molecular weight is 299 g/mol. The predicted molar refractivity (Wildman–Crippen MR) is 83.0 cm³/mol. The van der Waals surface area contributed by atoms with Crippen LogP contribution in [0.5, 0.6) is 0 Å². The lowest BCUT2D eigenvalue weighted by molar-refractivity contribution is -0.115. The molecule has 3 rings (SSSR count). The Kier molecular flexibility index (Phi) is 4.20. The van der Waals surface area contributed by atoms with Crippen molar-refractivity contribution in [2.24, 2.45) is 0 Å². The Morgan fingerprint density at radius 2 is 2.45 bits per heavy atom. The van der Waals surface area contributed by atoms with E-state index in [0.29, 0.717) is 25.5 Å². The minimum absolute atomic E-state index is 0.149. The first-order valence-electron chi connectivity index (χ1n) is 7.02. The first-order chi connectivity index (χ1) is 10.8. The maximum absolute atomic E-state index is 12.1. The molecule has 0 saturated heterocycles. The zero-order valence-corrected chi connectivity index (χ0v) is 12.3. The highest BCUT2D eigenvalue weighted by Gasteiger charge is 2.17. The fourth-order valence-corrected chi connectivity index (χ4v) is 2.26. The molecule has 1 aliphatic heterocycles. The van der Waals surface area contributed by atoms with Crippen molar-refractivity contribution in [3.8, 4) is 0 Å². The van der Waals surface area contributed by atoms with Crippen LogP contribution in [0, 0.1) is 0 Å². The number of H-pyrrole nitrogens is 1. The summed E-state index contributed by atoms with van der Waals surface area (Å²) in [6.45, 7) is 1.57. The van der Waals surface area contributed by atoms with E-state index in [1.54, 1.807) is 25.5 Å². The number of ketones is 1. The monoisotopic (exact) mass is 299 g/mol. The number of fused-ring (bicyclic) bond motifs is 1. The first kappa shape index (κ1) is 14.3. The number of nitrogens with one attached hydrogen (secondary N) is 2. The van der Waals surface area contributed by atoms with Gasteiger partial charge in [-0.25, -0.2) is 4.98 Å². The number of carbonyl (C=O) groups is 1. The second-order valence-electron chi connectivity index (χ2n) is 4.89. The van der Waals surface area contributed by atoms with E-state index in [-0.39, 0.29) is 5.78 Å². The van der Waals surface area contributed by atoms with E-state index in [9.17, 15) is 4.79 Å². The van der Waals surface area contributed by atoms with Gasteiger partial charge >= 0.3 is 0 Å². The summed E-state index contributed by atoms with van der Waals surface area (Å²) >= 11 is 0. The molecule has 0 aliphatic carbocycles. The fourth-order valence-electron chi connectivity index (χ4n) is 2.26. The van der Waals surface area contributed by atoms with E-state index in [4.69, 9.17) is 9.47 Å². The van der Waals surface area contributed by atoms with Gasteiger partial charge in [0, 0.05) is 43.1 Å². The van der Waals surface area contributed by atoms with Gasteiger partial charge in [-0.05, 0) is 18.2 Å². The van der Waals surface area contributed by atoms with Crippen LogP contribution in [0.4, 0.5) is 0 Å². The number of methoxy groups -OCH3 is 1. The summed E-state index contributed by atoms with van der Waals surface area (Å²) in [7, 11) is 1.63. The van der Waals surface area contributed by atoms with Crippen LogP contribution < -0.4 is 5.32 Å². The van der Waals surface area contributed by atoms with Crippen LogP contribution in [-0.4, -0.2) is 42.6 Å². The molecule has 3 heterocycles. The van der Waals surface area contributed by atoms with Gasteiger partial charge in [0.05, 0.1) is 12.3 Å². The van der Waals surface area contributed by atoms with Crippen LogP contribution in [0.1, 0.15) is 5.56 Å². The summed E-state index contributed by atoms with van der Waals surface area (Å²) in [4.78, 5) is 19.4. The van der Waals surface area contributed by atoms with Crippen molar-refractivity contribution in [1.29, 1.82) is 0 Å². The van der Waals surface area contributed by atoms with Gasteiger partial charge in [0.15, 0.2) is 5.76 Å². The van der Waals surface area contributed by atoms with Crippen LogP contribution in [0.25, 0.3) is 17.1 Å². The molecule has 0 radical (unpaired) electrons. The zero-order valence-electron chi connectivity index (χ0n) is 12.3. The summed E-state index contributed by atoms with van der Waals surface area (Å²) in [5.41, 5.74) is 2.44. The van der Waals surface area contributed by atoms with E-state index in [1.807, 2.05) is 18.3 Å². The minimum Gasteiger partial charge on any atom is -0.483 e. The molecule has 114 valence electrons. The van der Waals surface area contributed by atoms with Crippen molar-refractivity contribution in [2.75, 3.05) is 26.9 Å². The van der Waals surface area contributed by atoms with Crippen molar-refractivity contribution in [3.63, 3.8) is 0 Å². The van der Waals surface area contributed by atoms with Crippen LogP contribution in [-0.2, 0) is 14.3 Å². The number of aromatic amines is 1. The van der Waals surface area contributed by atoms with Crippen LogP contribution in [0.3, 0.4) is 0 Å². The number of rotatable bonds is 5. The molecule has 0 saturated carbocycles. The number of hydrogen-bond donors (Lipinski definition) is 2. The number of hydrogen-bond acceptors (Lipinski definition) is 5. The Morgan fingerprint density at radius 1 is 1.55 bits per heavy atom. The van der Waals surface area contributed by atoms with Crippen LogP contribution in [0.2, 0.25) is 0 Å². The molecule has 6 nitrogen and oxygen atoms in total. The molecule has 2 aromatic rings. The summed E-state index contributed by atoms with van der Waals surface area (Å²) in [5.74, 6) is 0.187. The maximum atomic E-state index is 12.1. The van der Waals surface area contributed by atoms with Gasteiger partial charge in [-0.2, -0.15) is 0 Å². The lowest BCUT2D eigenvalue weighted by Crippen LogP contribution is -2.26. The SMILES string of the molecule is COCCNC1=CC(=O)/C(=C/c2c[nH]c3ncccc23)OC1. The van der Waals surface area contributed by atoms with Crippen molar-refractivity contribution >= 4 is 22.9 Å². The standard InChI is InChI=1S/C16H17N3O3/c1-21-6-5-17-12-8-14(20)15(22-10-12)7-11-9-19-16-13(11)3-2-4-18-16/h2-4,7-9,17H,5-6,10H2,1H3,(H,18,19)/b15-7-. The average Bonchev–Trinajstić information content (AvgIpc) is 2.93. The number of ether oxygens (including phenoxy) is 2. The van der Waals surface area contributed by atoms with Crippen molar-refractivity contribution < 1.29 is 14.3 Å². The van der Waals surface area contributed by atoms with Crippen molar-refractivity contribution in [2.45, 2.75) is 0 Å². The summed E-state index contributed by atoms with van der Waals surface area (Å²) < 4.78 is 10.5. The van der Waals surface area contributed by atoms with Gasteiger partial charge in [0.25, 0.3) is 0 Å². The quantitative estimate of drug-likeness (QED) is 0.648. The topological polar surface area (TPSA) is 76.2 Å². The Labute approximate surface area is 127 Å². The van der Waals surface area contributed by atoms with E-state index >= 15 is 0 Å². The highest BCUT2D eigenvalue weighted by atomic mass is 16.5. The number of allylic oxidation sites excluding steroid dienone is 1. The molecule has 0 bridgehead atoms. The predicted octanol–water partition coefficient (Wildman–Crippen LogP) is 1.62. The summed E-state index contributed by atoms with van der Waals surface area (Å²) in [6.07, 6.45) is 6.85. The number of carbonyl (C=O) groups excluding carboxylic acids is 1. The van der Waals surface area contributed by atoms with E-state index < -0.39 is 0 Å². The van der Waals surface area contributed by atoms with Crippen molar-refractivity contribution in [3.05, 3.63) is 47.6 Å². The molecule has 6 heteroatoms. The molecular formula is C16H17N3O3. The Morgan fingerprint density at radius 3 is 3.27 bits per heavy atom. The van der Waals surface area contributed by atoms with E-state index in [0.717, 1.165) is 22.3 Å². The highest BCUT2D eigenvalue weighted by Crippen LogP contribution is 2.21. The van der Waals surface area contributed by atoms with Gasteiger partial charge < -0.3 is 19.8 Å². The van der Waals surface area contributed by atoms with Crippen LogP contribution in [0.15, 0.2) is 42.1 Å². The highest BCUT2D eigenvalue weighted by molar-refractivity contribution is 6.07. The normalized spacial score (nSPS) is 16.7. The van der Waals surface area contributed by atoms with E-state index in [2.05, 4.69) is 15.3 Å². The molecule has 0 spiro atoms. The third kappa shape index (κ3) is 3.01. The molecule has 1 aliphatic rings. The second kappa shape index (κ2) is 6.44. The Bertz CT molecular complexity index is 746. The lowest BCUT2D eigenvalue weighted by atomic mass is 10.1. The van der Waals surface area contributed by atoms with Gasteiger partial charge in [-0.3, -0.25) is 4.79 Å². The zero-order chi connectivity index (χ0) is 15.4. The van der Waals surface area contributed by atoms with Gasteiger partial charge in [0.1, 0.15) is 12.3 Å². The molecule has 2 N–H and O–H groups in total. The fraction of sp³-hybridized carbons (Fsp3) is 0.250. The Hall–Kier alpha value is -2.60. The first-order valence-corrected chi connectivity index (χ1v) is 7.02. The minimum atomic E-state index is -0.149.